The predicted molar refractivity (Wildman–Crippen MR) is 72.7 cm³/mol. The molecule has 2 heterocycles. The molecule has 0 saturated carbocycles. The molecule has 4 nitrogen and oxygen atoms in total. The van der Waals surface area contributed by atoms with E-state index in [1.807, 2.05) is 0 Å². The van der Waals surface area contributed by atoms with E-state index in [0.717, 1.165) is 25.2 Å². The first-order valence-corrected chi connectivity index (χ1v) is 8.24. The highest BCUT2D eigenvalue weighted by molar-refractivity contribution is 7.91. The molecule has 0 atom stereocenters. The smallest absolute Gasteiger partial charge is 0.153 e. The summed E-state index contributed by atoms with van der Waals surface area (Å²) in [4.78, 5) is 2.18. The molecule has 5 heteroatoms. The maximum absolute atomic E-state index is 11.4. The number of hydrogen-bond acceptors (Lipinski definition) is 4. The molecule has 0 spiro atoms. The molecule has 0 amide bonds. The Morgan fingerprint density at radius 3 is 2.67 bits per heavy atom. The van der Waals surface area contributed by atoms with Gasteiger partial charge in [-0.2, -0.15) is 0 Å². The van der Waals surface area contributed by atoms with Crippen molar-refractivity contribution < 1.29 is 8.42 Å². The second-order valence-electron chi connectivity index (χ2n) is 5.02. The summed E-state index contributed by atoms with van der Waals surface area (Å²) >= 11 is 0. The van der Waals surface area contributed by atoms with E-state index in [0.29, 0.717) is 13.1 Å². The van der Waals surface area contributed by atoms with E-state index < -0.39 is 9.84 Å². The minimum Gasteiger partial charge on any atom is -0.369 e. The van der Waals surface area contributed by atoms with E-state index in [4.69, 9.17) is 0 Å². The van der Waals surface area contributed by atoms with Crippen LogP contribution in [0.25, 0.3) is 0 Å². The first-order chi connectivity index (χ1) is 8.64. The van der Waals surface area contributed by atoms with Crippen LogP contribution in [0, 0.1) is 0 Å². The van der Waals surface area contributed by atoms with Crippen molar-refractivity contribution in [1.82, 2.24) is 5.32 Å². The van der Waals surface area contributed by atoms with Gasteiger partial charge in [0.05, 0.1) is 11.5 Å². The topological polar surface area (TPSA) is 49.4 Å². The van der Waals surface area contributed by atoms with Gasteiger partial charge in [0.2, 0.25) is 0 Å². The maximum Gasteiger partial charge on any atom is 0.153 e. The molecular formula is C13H18N2O2S. The van der Waals surface area contributed by atoms with Crippen molar-refractivity contribution in [2.45, 2.75) is 13.0 Å². The minimum absolute atomic E-state index is 0.280. The zero-order valence-corrected chi connectivity index (χ0v) is 11.2. The molecular weight excluding hydrogens is 248 g/mol. The van der Waals surface area contributed by atoms with Gasteiger partial charge in [-0.25, -0.2) is 8.42 Å². The van der Waals surface area contributed by atoms with Crippen LogP contribution in [-0.2, 0) is 22.8 Å². The Kier molecular flexibility index (Phi) is 3.03. The van der Waals surface area contributed by atoms with Crippen LogP contribution in [0.15, 0.2) is 18.2 Å². The van der Waals surface area contributed by atoms with E-state index in [9.17, 15) is 8.42 Å². The third-order valence-corrected chi connectivity index (χ3v) is 5.40. The van der Waals surface area contributed by atoms with Gasteiger partial charge in [0.1, 0.15) is 0 Å². The summed E-state index contributed by atoms with van der Waals surface area (Å²) in [7, 11) is -2.80. The van der Waals surface area contributed by atoms with E-state index in [2.05, 4.69) is 28.4 Å². The molecule has 98 valence electrons. The van der Waals surface area contributed by atoms with Crippen LogP contribution in [0.4, 0.5) is 5.69 Å². The average molecular weight is 266 g/mol. The van der Waals surface area contributed by atoms with Crippen LogP contribution < -0.4 is 10.2 Å². The second kappa shape index (κ2) is 4.55. The summed E-state index contributed by atoms with van der Waals surface area (Å²) in [5.41, 5.74) is 3.93. The molecule has 2 aliphatic heterocycles. The summed E-state index contributed by atoms with van der Waals surface area (Å²) in [6.45, 7) is 3.21. The zero-order chi connectivity index (χ0) is 12.6. The Balaban J connectivity index is 1.81. The monoisotopic (exact) mass is 266 g/mol. The van der Waals surface area contributed by atoms with Crippen molar-refractivity contribution in [2.75, 3.05) is 36.0 Å². The normalized spacial score (nSPS) is 22.6. The van der Waals surface area contributed by atoms with Crippen molar-refractivity contribution in [3.8, 4) is 0 Å². The third kappa shape index (κ3) is 2.37. The van der Waals surface area contributed by atoms with E-state index >= 15 is 0 Å². The van der Waals surface area contributed by atoms with E-state index in [-0.39, 0.29) is 11.5 Å². The van der Waals surface area contributed by atoms with E-state index in [1.54, 1.807) is 0 Å². The Hall–Kier alpha value is -1.07. The van der Waals surface area contributed by atoms with Gasteiger partial charge in [0.25, 0.3) is 0 Å². The molecule has 0 radical (unpaired) electrons. The summed E-state index contributed by atoms with van der Waals surface area (Å²) in [5, 5.41) is 3.37. The van der Waals surface area contributed by atoms with Gasteiger partial charge in [0, 0.05) is 25.3 Å². The quantitative estimate of drug-likeness (QED) is 0.807. The highest BCUT2D eigenvalue weighted by Gasteiger charge is 2.22. The number of fused-ring (bicyclic) bond motifs is 1. The van der Waals surface area contributed by atoms with Crippen LogP contribution in [0.3, 0.4) is 0 Å². The number of anilines is 1. The fourth-order valence-corrected chi connectivity index (χ4v) is 3.84. The molecule has 0 aliphatic carbocycles. The van der Waals surface area contributed by atoms with Crippen LogP contribution >= 0.6 is 0 Å². The zero-order valence-electron chi connectivity index (χ0n) is 10.4. The average Bonchev–Trinajstić information content (AvgIpc) is 2.38. The Morgan fingerprint density at radius 1 is 1.11 bits per heavy atom. The van der Waals surface area contributed by atoms with Gasteiger partial charge in [-0.3, -0.25) is 0 Å². The van der Waals surface area contributed by atoms with Crippen molar-refractivity contribution in [2.24, 2.45) is 0 Å². The van der Waals surface area contributed by atoms with Crippen molar-refractivity contribution in [3.63, 3.8) is 0 Å². The van der Waals surface area contributed by atoms with Crippen molar-refractivity contribution in [3.05, 3.63) is 29.3 Å². The Morgan fingerprint density at radius 2 is 1.89 bits per heavy atom. The third-order valence-electron chi connectivity index (χ3n) is 3.79. The molecule has 1 fully saturated rings. The van der Waals surface area contributed by atoms with Gasteiger partial charge in [-0.1, -0.05) is 6.07 Å². The van der Waals surface area contributed by atoms with Crippen LogP contribution in [-0.4, -0.2) is 39.6 Å². The molecule has 0 aromatic heterocycles. The Labute approximate surface area is 108 Å². The fourth-order valence-electron chi connectivity index (χ4n) is 2.63. The largest absolute Gasteiger partial charge is 0.369 e. The lowest BCUT2D eigenvalue weighted by atomic mass is 10.00. The van der Waals surface area contributed by atoms with Gasteiger partial charge in [-0.05, 0) is 36.2 Å². The summed E-state index contributed by atoms with van der Waals surface area (Å²) in [5.74, 6) is 0.560. The molecule has 1 aromatic carbocycles. The second-order valence-corrected chi connectivity index (χ2v) is 7.32. The molecule has 3 rings (SSSR count). The first kappa shape index (κ1) is 12.0. The molecule has 0 bridgehead atoms. The summed E-state index contributed by atoms with van der Waals surface area (Å²) < 4.78 is 22.8. The molecule has 1 N–H and O–H groups in total. The number of hydrogen-bond donors (Lipinski definition) is 1. The maximum atomic E-state index is 11.4. The van der Waals surface area contributed by atoms with Gasteiger partial charge in [-0.15, -0.1) is 0 Å². The lowest BCUT2D eigenvalue weighted by Crippen LogP contribution is -2.40. The van der Waals surface area contributed by atoms with Crippen LogP contribution in [0.5, 0.6) is 0 Å². The van der Waals surface area contributed by atoms with Gasteiger partial charge in [0.15, 0.2) is 9.84 Å². The lowest BCUT2D eigenvalue weighted by Gasteiger charge is -2.30. The van der Waals surface area contributed by atoms with Crippen LogP contribution in [0.1, 0.15) is 11.1 Å². The standard InChI is InChI=1S/C13H18N2O2S/c16-18(17)7-5-15(6-8-18)13-2-1-11-3-4-14-10-12(11)9-13/h1-2,9,14H,3-8,10H2. The molecule has 0 unspecified atom stereocenters. The van der Waals surface area contributed by atoms with E-state index in [1.165, 1.54) is 11.1 Å². The number of rotatable bonds is 1. The van der Waals surface area contributed by atoms with Crippen molar-refractivity contribution in [1.29, 1.82) is 0 Å². The van der Waals surface area contributed by atoms with Crippen LogP contribution in [0.2, 0.25) is 0 Å². The summed E-state index contributed by atoms with van der Waals surface area (Å²) in [6.07, 6.45) is 1.09. The highest BCUT2D eigenvalue weighted by Crippen LogP contribution is 2.23. The predicted octanol–water partition coefficient (Wildman–Crippen LogP) is 0.567. The lowest BCUT2D eigenvalue weighted by molar-refractivity contribution is 0.586. The SMILES string of the molecule is O=S1(=O)CCN(c2ccc3c(c2)CNCC3)CC1. The molecule has 18 heavy (non-hydrogen) atoms. The highest BCUT2D eigenvalue weighted by atomic mass is 32.2. The fraction of sp³-hybridized carbons (Fsp3) is 0.538. The Bertz CT molecular complexity index is 540. The molecule has 1 aromatic rings. The molecule has 1 saturated heterocycles. The van der Waals surface area contributed by atoms with Gasteiger partial charge < -0.3 is 10.2 Å². The minimum atomic E-state index is -2.80. The summed E-state index contributed by atoms with van der Waals surface area (Å²) in [6, 6.07) is 6.52. The van der Waals surface area contributed by atoms with Crippen molar-refractivity contribution >= 4 is 15.5 Å². The molecule has 2 aliphatic rings. The number of nitrogens with one attached hydrogen (secondary N) is 1. The number of sulfone groups is 1. The number of benzene rings is 1. The first-order valence-electron chi connectivity index (χ1n) is 6.42. The number of nitrogens with zero attached hydrogens (tertiary/aromatic N) is 1. The van der Waals surface area contributed by atoms with Gasteiger partial charge >= 0.3 is 0 Å².